The maximum Gasteiger partial charge on any atom is 0.253 e. The first-order valence-corrected chi connectivity index (χ1v) is 8.26. The van der Waals surface area contributed by atoms with Crippen molar-refractivity contribution in [2.45, 2.75) is 25.4 Å². The number of anilines is 1. The molecule has 1 amide bonds. The minimum Gasteiger partial charge on any atom is -0.309 e. The van der Waals surface area contributed by atoms with E-state index in [1.807, 2.05) is 20.1 Å². The van der Waals surface area contributed by atoms with Gasteiger partial charge in [-0.2, -0.15) is 10.1 Å². The molecule has 3 aromatic rings. The molecule has 0 unspecified atom stereocenters. The minimum atomic E-state index is -0.138. The van der Waals surface area contributed by atoms with Crippen LogP contribution >= 0.6 is 11.8 Å². The number of fused-ring (bicyclic) bond motifs is 1. The van der Waals surface area contributed by atoms with Crippen molar-refractivity contribution >= 4 is 29.3 Å². The number of thioether (sulfide) groups is 1. The highest BCUT2D eigenvalue weighted by atomic mass is 32.2. The first kappa shape index (κ1) is 15.5. The molecule has 9 heteroatoms. The van der Waals surface area contributed by atoms with Crippen molar-refractivity contribution in [1.82, 2.24) is 29.4 Å². The SMILES string of the molecule is CSc1nc2nc(C)c(CC(=O)Nc3ccn(C)n3)c(C)n2n1. The van der Waals surface area contributed by atoms with Crippen LogP contribution in [0.5, 0.6) is 0 Å². The van der Waals surface area contributed by atoms with Crippen LogP contribution in [0.15, 0.2) is 17.4 Å². The second-order valence-corrected chi connectivity index (χ2v) is 5.94. The molecule has 3 rings (SSSR count). The smallest absolute Gasteiger partial charge is 0.253 e. The Morgan fingerprint density at radius 1 is 1.30 bits per heavy atom. The Hall–Kier alpha value is -2.42. The highest BCUT2D eigenvalue weighted by Crippen LogP contribution is 2.17. The molecule has 0 spiro atoms. The summed E-state index contributed by atoms with van der Waals surface area (Å²) in [5.41, 5.74) is 2.51. The second kappa shape index (κ2) is 5.99. The molecule has 1 N–H and O–H groups in total. The number of rotatable bonds is 4. The summed E-state index contributed by atoms with van der Waals surface area (Å²) in [7, 11) is 1.80. The van der Waals surface area contributed by atoms with Crippen LogP contribution in [0.25, 0.3) is 5.78 Å². The van der Waals surface area contributed by atoms with E-state index in [0.717, 1.165) is 17.0 Å². The highest BCUT2D eigenvalue weighted by Gasteiger charge is 2.16. The van der Waals surface area contributed by atoms with Gasteiger partial charge >= 0.3 is 0 Å². The summed E-state index contributed by atoms with van der Waals surface area (Å²) in [6.07, 6.45) is 3.91. The van der Waals surface area contributed by atoms with Crippen LogP contribution in [-0.4, -0.2) is 41.5 Å². The van der Waals surface area contributed by atoms with Gasteiger partial charge in [0.05, 0.1) is 6.42 Å². The normalized spacial score (nSPS) is 11.1. The van der Waals surface area contributed by atoms with Crippen molar-refractivity contribution in [1.29, 1.82) is 0 Å². The lowest BCUT2D eigenvalue weighted by atomic mass is 10.1. The molecule has 0 aliphatic carbocycles. The fourth-order valence-corrected chi connectivity index (χ4v) is 2.70. The Balaban J connectivity index is 1.88. The first-order chi connectivity index (χ1) is 11.0. The van der Waals surface area contributed by atoms with Gasteiger partial charge in [-0.25, -0.2) is 9.50 Å². The summed E-state index contributed by atoms with van der Waals surface area (Å²) >= 11 is 1.46. The number of aryl methyl sites for hydroxylation is 3. The average Bonchev–Trinajstić information content (AvgIpc) is 3.09. The monoisotopic (exact) mass is 331 g/mol. The molecule has 0 radical (unpaired) electrons. The van der Waals surface area contributed by atoms with Crippen molar-refractivity contribution in [3.05, 3.63) is 29.2 Å². The van der Waals surface area contributed by atoms with Crippen molar-refractivity contribution < 1.29 is 4.79 Å². The zero-order chi connectivity index (χ0) is 16.6. The van der Waals surface area contributed by atoms with Crippen LogP contribution in [0, 0.1) is 13.8 Å². The molecule has 3 heterocycles. The van der Waals surface area contributed by atoms with E-state index in [4.69, 9.17) is 0 Å². The average molecular weight is 331 g/mol. The third kappa shape index (κ3) is 3.04. The Bertz CT molecular complexity index is 883. The van der Waals surface area contributed by atoms with Crippen LogP contribution in [0.2, 0.25) is 0 Å². The molecule has 0 aromatic carbocycles. The summed E-state index contributed by atoms with van der Waals surface area (Å²) in [5.74, 6) is 0.951. The Kier molecular flexibility index (Phi) is 4.03. The zero-order valence-electron chi connectivity index (χ0n) is 13.4. The van der Waals surface area contributed by atoms with Crippen LogP contribution in [0.3, 0.4) is 0 Å². The van der Waals surface area contributed by atoms with Gasteiger partial charge in [-0.15, -0.1) is 5.10 Å². The van der Waals surface area contributed by atoms with Crippen molar-refractivity contribution in [2.75, 3.05) is 11.6 Å². The molecular weight excluding hydrogens is 314 g/mol. The Morgan fingerprint density at radius 3 is 2.74 bits per heavy atom. The van der Waals surface area contributed by atoms with E-state index >= 15 is 0 Å². The van der Waals surface area contributed by atoms with Gasteiger partial charge in [0.1, 0.15) is 0 Å². The molecule has 0 aliphatic rings. The van der Waals surface area contributed by atoms with Gasteiger partial charge in [0.2, 0.25) is 11.1 Å². The molecule has 8 nitrogen and oxygen atoms in total. The molecule has 3 aromatic heterocycles. The summed E-state index contributed by atoms with van der Waals surface area (Å²) < 4.78 is 3.32. The van der Waals surface area contributed by atoms with Crippen molar-refractivity contribution in [3.63, 3.8) is 0 Å². The summed E-state index contributed by atoms with van der Waals surface area (Å²) in [6, 6.07) is 1.75. The van der Waals surface area contributed by atoms with E-state index < -0.39 is 0 Å². The lowest BCUT2D eigenvalue weighted by molar-refractivity contribution is -0.115. The highest BCUT2D eigenvalue weighted by molar-refractivity contribution is 7.98. The van der Waals surface area contributed by atoms with Crippen LogP contribution in [-0.2, 0) is 18.3 Å². The summed E-state index contributed by atoms with van der Waals surface area (Å²) in [6.45, 7) is 3.80. The zero-order valence-corrected chi connectivity index (χ0v) is 14.2. The van der Waals surface area contributed by atoms with E-state index in [0.29, 0.717) is 16.8 Å². The van der Waals surface area contributed by atoms with E-state index in [-0.39, 0.29) is 12.3 Å². The molecule has 0 aliphatic heterocycles. The van der Waals surface area contributed by atoms with E-state index in [2.05, 4.69) is 25.5 Å². The van der Waals surface area contributed by atoms with Gasteiger partial charge in [-0.05, 0) is 20.1 Å². The molecule has 0 saturated carbocycles. The number of carbonyl (C=O) groups is 1. The lowest BCUT2D eigenvalue weighted by Gasteiger charge is -2.09. The fourth-order valence-electron chi connectivity index (χ4n) is 2.36. The van der Waals surface area contributed by atoms with Gasteiger partial charge < -0.3 is 5.32 Å². The third-order valence-corrected chi connectivity index (χ3v) is 4.07. The van der Waals surface area contributed by atoms with Gasteiger partial charge in [0, 0.05) is 36.3 Å². The quantitative estimate of drug-likeness (QED) is 0.726. The molecule has 0 atom stereocenters. The topological polar surface area (TPSA) is 90.0 Å². The van der Waals surface area contributed by atoms with Crippen molar-refractivity contribution in [3.8, 4) is 0 Å². The Morgan fingerprint density at radius 2 is 2.09 bits per heavy atom. The van der Waals surface area contributed by atoms with Crippen molar-refractivity contribution in [2.24, 2.45) is 7.05 Å². The van der Waals surface area contributed by atoms with Gasteiger partial charge in [-0.1, -0.05) is 11.8 Å². The maximum atomic E-state index is 12.3. The second-order valence-electron chi connectivity index (χ2n) is 5.17. The molecule has 0 bridgehead atoms. The largest absolute Gasteiger partial charge is 0.309 e. The number of amides is 1. The molecule has 120 valence electrons. The molecular formula is C14H17N7OS. The predicted octanol–water partition coefficient (Wildman–Crippen LogP) is 1.38. The summed E-state index contributed by atoms with van der Waals surface area (Å²) in [4.78, 5) is 21.0. The first-order valence-electron chi connectivity index (χ1n) is 7.04. The Labute approximate surface area is 137 Å². The molecule has 0 saturated heterocycles. The van der Waals surface area contributed by atoms with Crippen LogP contribution in [0.1, 0.15) is 17.0 Å². The number of aromatic nitrogens is 6. The predicted molar refractivity (Wildman–Crippen MR) is 87.6 cm³/mol. The number of hydrogen-bond donors (Lipinski definition) is 1. The number of nitrogens with zero attached hydrogens (tertiary/aromatic N) is 6. The number of hydrogen-bond acceptors (Lipinski definition) is 6. The lowest BCUT2D eigenvalue weighted by Crippen LogP contribution is -2.18. The molecule has 0 fully saturated rings. The standard InChI is InChI=1S/C14H17N7OS/c1-8-10(7-12(22)16-11-5-6-20(3)18-11)9(2)21-13(15-8)17-14(19-21)23-4/h5-6H,7H2,1-4H3,(H,16,18,22). The summed E-state index contributed by atoms with van der Waals surface area (Å²) in [5, 5.41) is 12.0. The van der Waals surface area contributed by atoms with Crippen LogP contribution in [0.4, 0.5) is 5.82 Å². The van der Waals surface area contributed by atoms with E-state index in [1.165, 1.54) is 11.8 Å². The maximum absolute atomic E-state index is 12.3. The van der Waals surface area contributed by atoms with Gasteiger partial charge in [0.15, 0.2) is 5.82 Å². The van der Waals surface area contributed by atoms with E-state index in [9.17, 15) is 4.79 Å². The van der Waals surface area contributed by atoms with Crippen LogP contribution < -0.4 is 5.32 Å². The minimum absolute atomic E-state index is 0.138. The number of nitrogens with one attached hydrogen (secondary N) is 1. The third-order valence-electron chi connectivity index (χ3n) is 3.53. The van der Waals surface area contributed by atoms with Gasteiger partial charge in [-0.3, -0.25) is 9.48 Å². The van der Waals surface area contributed by atoms with E-state index in [1.54, 1.807) is 28.5 Å². The molecule has 23 heavy (non-hydrogen) atoms. The van der Waals surface area contributed by atoms with Gasteiger partial charge in [0.25, 0.3) is 5.78 Å². The fraction of sp³-hybridized carbons (Fsp3) is 0.357. The number of carbonyl (C=O) groups excluding carboxylic acids is 1.